The predicted molar refractivity (Wildman–Crippen MR) is 82.1 cm³/mol. The van der Waals surface area contributed by atoms with E-state index in [9.17, 15) is 9.59 Å². The van der Waals surface area contributed by atoms with Gasteiger partial charge in [-0.25, -0.2) is 4.79 Å². The Kier molecular flexibility index (Phi) is 2.79. The molecule has 0 bridgehead atoms. The van der Waals surface area contributed by atoms with Gasteiger partial charge in [0.2, 0.25) is 0 Å². The van der Waals surface area contributed by atoms with Gasteiger partial charge < -0.3 is 4.90 Å². The molecule has 0 aromatic heterocycles. The molecule has 1 saturated heterocycles. The third-order valence-corrected chi connectivity index (χ3v) is 4.67. The van der Waals surface area contributed by atoms with E-state index in [-0.39, 0.29) is 11.9 Å². The maximum Gasteiger partial charge on any atom is 0.325 e. The van der Waals surface area contributed by atoms with Crippen LogP contribution >= 0.6 is 0 Å². The van der Waals surface area contributed by atoms with Crippen molar-refractivity contribution in [3.8, 4) is 0 Å². The summed E-state index contributed by atoms with van der Waals surface area (Å²) in [5.74, 6) is -0.176. The molecule has 2 aromatic rings. The first kappa shape index (κ1) is 13.1. The van der Waals surface area contributed by atoms with Crippen molar-refractivity contribution in [1.29, 1.82) is 0 Å². The Labute approximate surface area is 128 Å². The molecule has 0 saturated carbocycles. The molecule has 1 aliphatic carbocycles. The van der Waals surface area contributed by atoms with Gasteiger partial charge in [0, 0.05) is 19.4 Å². The van der Waals surface area contributed by atoms with Crippen molar-refractivity contribution >= 4 is 11.9 Å². The smallest absolute Gasteiger partial charge is 0.305 e. The van der Waals surface area contributed by atoms with Gasteiger partial charge in [0.1, 0.15) is 5.54 Å². The fourth-order valence-corrected chi connectivity index (χ4v) is 3.53. The number of nitrogens with one attached hydrogen (secondary N) is 1. The van der Waals surface area contributed by atoms with E-state index in [0.29, 0.717) is 19.4 Å². The zero-order valence-corrected chi connectivity index (χ0v) is 12.1. The van der Waals surface area contributed by atoms with Crippen molar-refractivity contribution in [3.05, 3.63) is 71.3 Å². The molecular weight excluding hydrogens is 276 g/mol. The lowest BCUT2D eigenvalue weighted by molar-refractivity contribution is -0.126. The summed E-state index contributed by atoms with van der Waals surface area (Å²) in [6.45, 7) is 0.451. The molecule has 4 rings (SSSR count). The summed E-state index contributed by atoms with van der Waals surface area (Å²) in [6, 6.07) is 17.5. The Hall–Kier alpha value is -2.62. The molecule has 2 aromatic carbocycles. The minimum absolute atomic E-state index is 0.176. The zero-order chi connectivity index (χ0) is 15.2. The minimum Gasteiger partial charge on any atom is -0.305 e. The van der Waals surface area contributed by atoms with Gasteiger partial charge in [-0.15, -0.1) is 0 Å². The van der Waals surface area contributed by atoms with E-state index in [4.69, 9.17) is 0 Å². The Balaban J connectivity index is 1.71. The van der Waals surface area contributed by atoms with Crippen molar-refractivity contribution < 1.29 is 9.59 Å². The molecule has 22 heavy (non-hydrogen) atoms. The highest BCUT2D eigenvalue weighted by molar-refractivity contribution is 6.07. The molecule has 1 aliphatic heterocycles. The third kappa shape index (κ3) is 1.84. The van der Waals surface area contributed by atoms with Gasteiger partial charge in [0.25, 0.3) is 5.91 Å². The standard InChI is InChI=1S/C18H16N2O2/c21-16-18(10-14-8-4-5-9-15(14)11-18)20(17(22)19-16)12-13-6-2-1-3-7-13/h1-9H,10-12H2,(H,19,21,22). The van der Waals surface area contributed by atoms with Crippen molar-refractivity contribution in [1.82, 2.24) is 10.2 Å². The van der Waals surface area contributed by atoms with Crippen molar-refractivity contribution in [2.45, 2.75) is 24.9 Å². The molecule has 4 nitrogen and oxygen atoms in total. The molecule has 0 unspecified atom stereocenters. The highest BCUT2D eigenvalue weighted by Gasteiger charge is 2.55. The number of hydrogen-bond acceptors (Lipinski definition) is 2. The van der Waals surface area contributed by atoms with Gasteiger partial charge in [-0.05, 0) is 16.7 Å². The zero-order valence-electron chi connectivity index (χ0n) is 12.1. The van der Waals surface area contributed by atoms with Crippen LogP contribution in [0.25, 0.3) is 0 Å². The number of nitrogens with zero attached hydrogens (tertiary/aromatic N) is 1. The van der Waals surface area contributed by atoms with Crippen molar-refractivity contribution in [2.24, 2.45) is 0 Å². The average Bonchev–Trinajstić information content (AvgIpc) is 3.02. The van der Waals surface area contributed by atoms with Gasteiger partial charge in [-0.1, -0.05) is 54.6 Å². The van der Waals surface area contributed by atoms with E-state index in [1.54, 1.807) is 4.90 Å². The SMILES string of the molecule is O=C1NC(=O)C2(Cc3ccccc3C2)N1Cc1ccccc1. The first-order valence-corrected chi connectivity index (χ1v) is 7.43. The number of urea groups is 1. The van der Waals surface area contributed by atoms with Crippen LogP contribution < -0.4 is 5.32 Å². The Morgan fingerprint density at radius 2 is 1.50 bits per heavy atom. The largest absolute Gasteiger partial charge is 0.325 e. The number of amides is 3. The summed E-state index contributed by atoms with van der Waals surface area (Å²) in [7, 11) is 0. The molecular formula is C18H16N2O2. The van der Waals surface area contributed by atoms with Crippen molar-refractivity contribution in [2.75, 3.05) is 0 Å². The number of imide groups is 1. The third-order valence-electron chi connectivity index (χ3n) is 4.67. The average molecular weight is 292 g/mol. The Morgan fingerprint density at radius 3 is 2.14 bits per heavy atom. The second-order valence-corrected chi connectivity index (χ2v) is 5.98. The van der Waals surface area contributed by atoms with Gasteiger partial charge in [0.15, 0.2) is 0 Å². The molecule has 2 aliphatic rings. The van der Waals surface area contributed by atoms with Crippen LogP contribution in [0.2, 0.25) is 0 Å². The molecule has 1 N–H and O–H groups in total. The second kappa shape index (κ2) is 4.70. The minimum atomic E-state index is -0.767. The number of carbonyl (C=O) groups excluding carboxylic acids is 2. The second-order valence-electron chi connectivity index (χ2n) is 5.98. The quantitative estimate of drug-likeness (QED) is 0.863. The molecule has 1 heterocycles. The number of hydrogen-bond donors (Lipinski definition) is 1. The van der Waals surface area contributed by atoms with Gasteiger partial charge >= 0.3 is 6.03 Å². The summed E-state index contributed by atoms with van der Waals surface area (Å²) in [5.41, 5.74) is 2.58. The fourth-order valence-electron chi connectivity index (χ4n) is 3.53. The highest BCUT2D eigenvalue weighted by Crippen LogP contribution is 2.38. The van der Waals surface area contributed by atoms with Crippen LogP contribution in [0.1, 0.15) is 16.7 Å². The highest BCUT2D eigenvalue weighted by atomic mass is 16.2. The van der Waals surface area contributed by atoms with E-state index in [0.717, 1.165) is 16.7 Å². The summed E-state index contributed by atoms with van der Waals surface area (Å²) < 4.78 is 0. The summed E-state index contributed by atoms with van der Waals surface area (Å²) in [4.78, 5) is 26.5. The lowest BCUT2D eigenvalue weighted by Gasteiger charge is -2.31. The lowest BCUT2D eigenvalue weighted by Crippen LogP contribution is -2.50. The van der Waals surface area contributed by atoms with E-state index in [2.05, 4.69) is 5.32 Å². The van der Waals surface area contributed by atoms with Gasteiger partial charge in [-0.2, -0.15) is 0 Å². The first-order valence-electron chi connectivity index (χ1n) is 7.43. The number of benzene rings is 2. The lowest BCUT2D eigenvalue weighted by atomic mass is 9.93. The van der Waals surface area contributed by atoms with Gasteiger partial charge in [0.05, 0.1) is 0 Å². The molecule has 0 radical (unpaired) electrons. The topological polar surface area (TPSA) is 49.4 Å². The first-order chi connectivity index (χ1) is 10.7. The summed E-state index contributed by atoms with van der Waals surface area (Å²) in [6.07, 6.45) is 1.18. The maximum atomic E-state index is 12.5. The van der Waals surface area contributed by atoms with Crippen molar-refractivity contribution in [3.63, 3.8) is 0 Å². The van der Waals surface area contributed by atoms with Crippen LogP contribution in [0.5, 0.6) is 0 Å². The summed E-state index contributed by atoms with van der Waals surface area (Å²) in [5, 5.41) is 2.50. The summed E-state index contributed by atoms with van der Waals surface area (Å²) >= 11 is 0. The molecule has 1 fully saturated rings. The van der Waals surface area contributed by atoms with Crippen LogP contribution in [0, 0.1) is 0 Å². The molecule has 1 spiro atoms. The number of carbonyl (C=O) groups is 2. The fraction of sp³-hybridized carbons (Fsp3) is 0.222. The molecule has 3 amide bonds. The van der Waals surface area contributed by atoms with E-state index in [1.165, 1.54) is 0 Å². The Morgan fingerprint density at radius 1 is 0.909 bits per heavy atom. The Bertz CT molecular complexity index is 730. The van der Waals surface area contributed by atoms with E-state index in [1.807, 2.05) is 54.6 Å². The molecule has 110 valence electrons. The van der Waals surface area contributed by atoms with Crippen LogP contribution in [-0.2, 0) is 24.2 Å². The van der Waals surface area contributed by atoms with Crippen LogP contribution in [0.15, 0.2) is 54.6 Å². The normalized spacial score (nSPS) is 18.6. The van der Waals surface area contributed by atoms with E-state index >= 15 is 0 Å². The van der Waals surface area contributed by atoms with Crippen LogP contribution in [-0.4, -0.2) is 22.4 Å². The number of fused-ring (bicyclic) bond motifs is 1. The van der Waals surface area contributed by atoms with E-state index < -0.39 is 5.54 Å². The van der Waals surface area contributed by atoms with Crippen LogP contribution in [0.4, 0.5) is 4.79 Å². The monoisotopic (exact) mass is 292 g/mol. The van der Waals surface area contributed by atoms with Gasteiger partial charge in [-0.3, -0.25) is 10.1 Å². The molecule has 0 atom stereocenters. The maximum absolute atomic E-state index is 12.5. The van der Waals surface area contributed by atoms with Crippen LogP contribution in [0.3, 0.4) is 0 Å². The predicted octanol–water partition coefficient (Wildman–Crippen LogP) is 2.28. The number of rotatable bonds is 2. The molecule has 4 heteroatoms.